The zero-order valence-electron chi connectivity index (χ0n) is 12.3. The molecule has 0 aliphatic carbocycles. The second-order valence-corrected chi connectivity index (χ2v) is 5.02. The minimum absolute atomic E-state index is 0.0314. The quantitative estimate of drug-likeness (QED) is 0.654. The van der Waals surface area contributed by atoms with Crippen LogP contribution >= 0.6 is 0 Å². The minimum atomic E-state index is -0.968. The molecule has 2 rings (SSSR count). The molecule has 0 saturated heterocycles. The standard InChI is InChI=1S/C18H15NO4/c19-12-13-6-8-16(9-7-13)23-18(22)11-15(10-17(20)21)14-4-2-1-3-5-14/h1-9,15H,10-11H2,(H,20,21). The van der Waals surface area contributed by atoms with E-state index in [4.69, 9.17) is 15.1 Å². The van der Waals surface area contributed by atoms with Crippen molar-refractivity contribution in [1.29, 1.82) is 5.26 Å². The van der Waals surface area contributed by atoms with Crippen LogP contribution < -0.4 is 4.74 Å². The maximum Gasteiger partial charge on any atom is 0.311 e. The van der Waals surface area contributed by atoms with E-state index in [-0.39, 0.29) is 12.8 Å². The van der Waals surface area contributed by atoms with Gasteiger partial charge in [0.25, 0.3) is 0 Å². The van der Waals surface area contributed by atoms with E-state index in [0.717, 1.165) is 5.56 Å². The Kier molecular flexibility index (Phi) is 5.48. The predicted octanol–water partition coefficient (Wildman–Crippen LogP) is 3.11. The molecular formula is C18H15NO4. The maximum absolute atomic E-state index is 12.1. The summed E-state index contributed by atoms with van der Waals surface area (Å²) in [4.78, 5) is 23.1. The Bertz CT molecular complexity index is 717. The van der Waals surface area contributed by atoms with Gasteiger partial charge in [-0.05, 0) is 29.8 Å². The molecule has 0 saturated carbocycles. The molecule has 0 aliphatic rings. The van der Waals surface area contributed by atoms with Crippen molar-refractivity contribution in [1.82, 2.24) is 0 Å². The average Bonchev–Trinajstić information content (AvgIpc) is 2.55. The number of esters is 1. The number of hydrogen-bond acceptors (Lipinski definition) is 4. The number of rotatable bonds is 6. The Hall–Kier alpha value is -3.13. The molecule has 5 heteroatoms. The van der Waals surface area contributed by atoms with E-state index >= 15 is 0 Å². The lowest BCUT2D eigenvalue weighted by molar-refractivity contribution is -0.138. The van der Waals surface area contributed by atoms with E-state index in [0.29, 0.717) is 11.3 Å². The summed E-state index contributed by atoms with van der Waals surface area (Å²) in [6.45, 7) is 0. The third-order valence-electron chi connectivity index (χ3n) is 3.32. The van der Waals surface area contributed by atoms with Gasteiger partial charge >= 0.3 is 11.9 Å². The molecule has 0 amide bonds. The lowest BCUT2D eigenvalue weighted by atomic mass is 9.92. The molecule has 1 N–H and O–H groups in total. The highest BCUT2D eigenvalue weighted by molar-refractivity contribution is 5.75. The molecule has 0 radical (unpaired) electrons. The molecule has 2 aromatic rings. The van der Waals surface area contributed by atoms with Gasteiger partial charge in [0, 0.05) is 5.92 Å². The van der Waals surface area contributed by atoms with Gasteiger partial charge in [-0.2, -0.15) is 5.26 Å². The third-order valence-corrected chi connectivity index (χ3v) is 3.32. The Morgan fingerprint density at radius 2 is 1.70 bits per heavy atom. The fraction of sp³-hybridized carbons (Fsp3) is 0.167. The summed E-state index contributed by atoms with van der Waals surface area (Å²) in [7, 11) is 0. The van der Waals surface area contributed by atoms with Crippen molar-refractivity contribution in [3.05, 3.63) is 65.7 Å². The Balaban J connectivity index is 2.05. The van der Waals surface area contributed by atoms with Gasteiger partial charge in [0.2, 0.25) is 0 Å². The summed E-state index contributed by atoms with van der Waals surface area (Å²) in [5.74, 6) is -1.59. The van der Waals surface area contributed by atoms with Crippen LogP contribution in [0, 0.1) is 11.3 Å². The number of aliphatic carboxylic acids is 1. The van der Waals surface area contributed by atoms with Gasteiger partial charge in [-0.1, -0.05) is 30.3 Å². The van der Waals surface area contributed by atoms with Crippen molar-refractivity contribution in [3.63, 3.8) is 0 Å². The van der Waals surface area contributed by atoms with Gasteiger partial charge in [0.1, 0.15) is 5.75 Å². The van der Waals surface area contributed by atoms with E-state index in [9.17, 15) is 9.59 Å². The average molecular weight is 309 g/mol. The molecule has 0 aromatic heterocycles. The number of carboxylic acids is 1. The SMILES string of the molecule is N#Cc1ccc(OC(=O)CC(CC(=O)O)c2ccccc2)cc1. The van der Waals surface area contributed by atoms with Crippen molar-refractivity contribution in [3.8, 4) is 11.8 Å². The van der Waals surface area contributed by atoms with E-state index in [2.05, 4.69) is 0 Å². The fourth-order valence-corrected chi connectivity index (χ4v) is 2.22. The van der Waals surface area contributed by atoms with Crippen LogP contribution in [0.15, 0.2) is 54.6 Å². The van der Waals surface area contributed by atoms with Crippen LogP contribution in [0.4, 0.5) is 0 Å². The summed E-state index contributed by atoms with van der Waals surface area (Å²) >= 11 is 0. The molecule has 0 bridgehead atoms. The Morgan fingerprint density at radius 1 is 1.04 bits per heavy atom. The van der Waals surface area contributed by atoms with Crippen LogP contribution in [0.25, 0.3) is 0 Å². The second-order valence-electron chi connectivity index (χ2n) is 5.02. The summed E-state index contributed by atoms with van der Waals surface area (Å²) in [5.41, 5.74) is 1.25. The van der Waals surface area contributed by atoms with Crippen molar-refractivity contribution >= 4 is 11.9 Å². The van der Waals surface area contributed by atoms with Crippen LogP contribution in [0.1, 0.15) is 29.9 Å². The molecule has 116 valence electrons. The summed E-state index contributed by atoms with van der Waals surface area (Å²) in [5, 5.41) is 17.7. The minimum Gasteiger partial charge on any atom is -0.481 e. The highest BCUT2D eigenvalue weighted by Crippen LogP contribution is 2.24. The van der Waals surface area contributed by atoms with Gasteiger partial charge < -0.3 is 9.84 Å². The summed E-state index contributed by atoms with van der Waals surface area (Å²) in [6, 6.07) is 17.2. The summed E-state index contributed by atoms with van der Waals surface area (Å²) < 4.78 is 5.21. The predicted molar refractivity (Wildman–Crippen MR) is 82.8 cm³/mol. The van der Waals surface area contributed by atoms with Gasteiger partial charge in [0.15, 0.2) is 0 Å². The zero-order valence-corrected chi connectivity index (χ0v) is 12.3. The molecule has 0 fully saturated rings. The van der Waals surface area contributed by atoms with Crippen LogP contribution in [0.5, 0.6) is 5.75 Å². The Morgan fingerprint density at radius 3 is 2.26 bits per heavy atom. The van der Waals surface area contributed by atoms with Crippen molar-refractivity contribution in [2.75, 3.05) is 0 Å². The number of ether oxygens (including phenoxy) is 1. The molecule has 1 atom stereocenters. The monoisotopic (exact) mass is 309 g/mol. The molecule has 2 aromatic carbocycles. The number of carboxylic acid groups (broad SMARTS) is 1. The van der Waals surface area contributed by atoms with Crippen LogP contribution in [-0.2, 0) is 9.59 Å². The summed E-state index contributed by atoms with van der Waals surface area (Å²) in [6.07, 6.45) is -0.178. The lowest BCUT2D eigenvalue weighted by Crippen LogP contribution is -2.15. The van der Waals surface area contributed by atoms with Gasteiger partial charge in [-0.25, -0.2) is 0 Å². The number of hydrogen-bond donors (Lipinski definition) is 1. The van der Waals surface area contributed by atoms with Gasteiger partial charge in [0.05, 0.1) is 24.5 Å². The molecule has 0 spiro atoms. The number of benzene rings is 2. The second kappa shape index (κ2) is 7.76. The highest BCUT2D eigenvalue weighted by atomic mass is 16.5. The smallest absolute Gasteiger partial charge is 0.311 e. The molecule has 23 heavy (non-hydrogen) atoms. The molecule has 0 aliphatic heterocycles. The number of carbonyl (C=O) groups excluding carboxylic acids is 1. The van der Waals surface area contributed by atoms with Crippen molar-refractivity contribution in [2.24, 2.45) is 0 Å². The first-order valence-corrected chi connectivity index (χ1v) is 7.06. The first-order valence-electron chi connectivity index (χ1n) is 7.06. The van der Waals surface area contributed by atoms with Crippen LogP contribution in [0.3, 0.4) is 0 Å². The Labute approximate surface area is 133 Å². The molecular weight excluding hydrogens is 294 g/mol. The number of nitrogens with zero attached hydrogens (tertiary/aromatic N) is 1. The van der Waals surface area contributed by atoms with Gasteiger partial charge in [-0.15, -0.1) is 0 Å². The fourth-order valence-electron chi connectivity index (χ4n) is 2.22. The van der Waals surface area contributed by atoms with E-state index in [1.807, 2.05) is 12.1 Å². The first kappa shape index (κ1) is 16.2. The molecule has 1 unspecified atom stereocenters. The number of carbonyl (C=O) groups is 2. The van der Waals surface area contributed by atoms with E-state index < -0.39 is 17.9 Å². The lowest BCUT2D eigenvalue weighted by Gasteiger charge is -2.14. The number of nitriles is 1. The molecule has 0 heterocycles. The van der Waals surface area contributed by atoms with Crippen LogP contribution in [-0.4, -0.2) is 17.0 Å². The first-order chi connectivity index (χ1) is 11.1. The van der Waals surface area contributed by atoms with Crippen LogP contribution in [0.2, 0.25) is 0 Å². The van der Waals surface area contributed by atoms with Crippen molar-refractivity contribution in [2.45, 2.75) is 18.8 Å². The third kappa shape index (κ3) is 4.97. The normalized spacial score (nSPS) is 11.3. The van der Waals surface area contributed by atoms with Crippen molar-refractivity contribution < 1.29 is 19.4 Å². The highest BCUT2D eigenvalue weighted by Gasteiger charge is 2.20. The van der Waals surface area contributed by atoms with E-state index in [1.54, 1.807) is 36.4 Å². The largest absolute Gasteiger partial charge is 0.481 e. The zero-order chi connectivity index (χ0) is 16.7. The topological polar surface area (TPSA) is 87.4 Å². The maximum atomic E-state index is 12.1. The molecule has 5 nitrogen and oxygen atoms in total. The van der Waals surface area contributed by atoms with E-state index in [1.165, 1.54) is 12.1 Å². The van der Waals surface area contributed by atoms with Gasteiger partial charge in [-0.3, -0.25) is 9.59 Å².